The third-order valence-electron chi connectivity index (χ3n) is 1.53. The van der Waals surface area contributed by atoms with E-state index in [4.69, 9.17) is 4.74 Å². The predicted octanol–water partition coefficient (Wildman–Crippen LogP) is 2.46. The summed E-state index contributed by atoms with van der Waals surface area (Å²) in [6.45, 7) is 7.68. The van der Waals surface area contributed by atoms with Crippen LogP contribution < -0.4 is 0 Å². The molecule has 0 aromatic rings. The van der Waals surface area contributed by atoms with Crippen LogP contribution in [0.4, 0.5) is 0 Å². The van der Waals surface area contributed by atoms with Gasteiger partial charge in [-0.1, -0.05) is 26.2 Å². The van der Waals surface area contributed by atoms with Crippen molar-refractivity contribution in [1.29, 1.82) is 0 Å². The average molecular weight is 154 g/mol. The summed E-state index contributed by atoms with van der Waals surface area (Å²) in [6.07, 6.45) is 2.49. The molecule has 0 aliphatic carbocycles. The molecule has 0 aliphatic rings. The van der Waals surface area contributed by atoms with Gasteiger partial charge >= 0.3 is 0 Å². The van der Waals surface area contributed by atoms with Crippen molar-refractivity contribution in [2.24, 2.45) is 5.92 Å². The molecule has 0 aliphatic heterocycles. The first-order valence-electron chi connectivity index (χ1n) is 4.28. The van der Waals surface area contributed by atoms with E-state index in [1.165, 1.54) is 12.8 Å². The molecule has 0 bridgehead atoms. The van der Waals surface area contributed by atoms with Crippen LogP contribution in [-0.4, -0.2) is 13.2 Å². The fourth-order valence-corrected chi connectivity index (χ4v) is 0.959. The van der Waals surface area contributed by atoms with Crippen LogP contribution in [0.25, 0.3) is 0 Å². The lowest BCUT2D eigenvalue weighted by molar-refractivity contribution is 0.129. The number of hydrogen-bond acceptors (Lipinski definition) is 1. The van der Waals surface area contributed by atoms with Gasteiger partial charge in [0.15, 0.2) is 0 Å². The lowest BCUT2D eigenvalue weighted by atomic mass is 10.1. The predicted molar refractivity (Wildman–Crippen MR) is 48.3 cm³/mol. The lowest BCUT2D eigenvalue weighted by Gasteiger charge is -2.07. The third-order valence-corrected chi connectivity index (χ3v) is 1.53. The summed E-state index contributed by atoms with van der Waals surface area (Å²) < 4.78 is 5.31. The quantitative estimate of drug-likeness (QED) is 0.436. The Labute approximate surface area is 70.1 Å². The molecule has 0 saturated heterocycles. The largest absolute Gasteiger partial charge is 0.369 e. The van der Waals surface area contributed by atoms with E-state index in [2.05, 4.69) is 25.7 Å². The van der Waals surface area contributed by atoms with Crippen molar-refractivity contribution in [2.75, 3.05) is 13.2 Å². The van der Waals surface area contributed by atoms with Crippen molar-refractivity contribution in [3.63, 3.8) is 0 Å². The second-order valence-corrected chi connectivity index (χ2v) is 2.84. The highest BCUT2D eigenvalue weighted by molar-refractivity contribution is 4.94. The molecule has 0 heterocycles. The van der Waals surface area contributed by atoms with Gasteiger partial charge in [0.25, 0.3) is 0 Å². The summed E-state index contributed by atoms with van der Waals surface area (Å²) in [5.41, 5.74) is 0. The molecule has 0 aromatic carbocycles. The minimum absolute atomic E-state index is 0.588. The van der Waals surface area contributed by atoms with Crippen LogP contribution >= 0.6 is 0 Å². The Hall–Kier alpha value is -0.480. The van der Waals surface area contributed by atoms with Crippen molar-refractivity contribution in [3.05, 3.63) is 0 Å². The Morgan fingerprint density at radius 3 is 2.73 bits per heavy atom. The molecule has 11 heavy (non-hydrogen) atoms. The first-order chi connectivity index (χ1) is 5.31. The van der Waals surface area contributed by atoms with E-state index >= 15 is 0 Å². The Morgan fingerprint density at radius 1 is 1.45 bits per heavy atom. The van der Waals surface area contributed by atoms with Crippen LogP contribution in [0, 0.1) is 17.8 Å². The summed E-state index contributed by atoms with van der Waals surface area (Å²) in [6, 6.07) is 0. The second-order valence-electron chi connectivity index (χ2n) is 2.84. The van der Waals surface area contributed by atoms with E-state index in [0.29, 0.717) is 12.5 Å². The molecule has 64 valence electrons. The van der Waals surface area contributed by atoms with Crippen molar-refractivity contribution < 1.29 is 4.74 Å². The zero-order chi connectivity index (χ0) is 8.53. The van der Waals surface area contributed by atoms with E-state index < -0.39 is 0 Å². The molecule has 1 unspecified atom stereocenters. The van der Waals surface area contributed by atoms with Crippen LogP contribution in [0.15, 0.2) is 0 Å². The fourth-order valence-electron chi connectivity index (χ4n) is 0.959. The smallest absolute Gasteiger partial charge is 0.107 e. The molecule has 0 amide bonds. The summed E-state index contributed by atoms with van der Waals surface area (Å²) in [7, 11) is 0. The number of ether oxygens (including phenoxy) is 1. The van der Waals surface area contributed by atoms with Gasteiger partial charge in [0.2, 0.25) is 0 Å². The molecule has 0 rings (SSSR count). The van der Waals surface area contributed by atoms with Crippen molar-refractivity contribution in [3.8, 4) is 11.8 Å². The van der Waals surface area contributed by atoms with Gasteiger partial charge < -0.3 is 4.74 Å². The molecule has 0 radical (unpaired) electrons. The van der Waals surface area contributed by atoms with E-state index in [9.17, 15) is 0 Å². The van der Waals surface area contributed by atoms with Gasteiger partial charge in [0, 0.05) is 0 Å². The summed E-state index contributed by atoms with van der Waals surface area (Å²) in [5, 5.41) is 0. The molecular formula is C10H18O. The van der Waals surface area contributed by atoms with Crippen LogP contribution in [-0.2, 0) is 4.74 Å². The summed E-state index contributed by atoms with van der Waals surface area (Å²) in [4.78, 5) is 0. The topological polar surface area (TPSA) is 9.23 Å². The SMILES string of the molecule is CC#CCOCC(C)CCC. The van der Waals surface area contributed by atoms with Gasteiger partial charge in [-0.25, -0.2) is 0 Å². The molecule has 0 N–H and O–H groups in total. The Bertz CT molecular complexity index is 130. The minimum Gasteiger partial charge on any atom is -0.369 e. The first kappa shape index (κ1) is 10.5. The molecule has 1 nitrogen and oxygen atoms in total. The van der Waals surface area contributed by atoms with E-state index in [1.54, 1.807) is 0 Å². The van der Waals surface area contributed by atoms with Gasteiger partial charge in [-0.2, -0.15) is 0 Å². The molecule has 0 fully saturated rings. The normalized spacial score (nSPS) is 11.9. The van der Waals surface area contributed by atoms with E-state index in [0.717, 1.165) is 6.61 Å². The number of hydrogen-bond donors (Lipinski definition) is 0. The highest BCUT2D eigenvalue weighted by Gasteiger charge is 1.98. The minimum atomic E-state index is 0.588. The fraction of sp³-hybridized carbons (Fsp3) is 0.800. The molecule has 0 aromatic heterocycles. The first-order valence-corrected chi connectivity index (χ1v) is 4.28. The molecule has 0 saturated carbocycles. The van der Waals surface area contributed by atoms with Gasteiger partial charge in [-0.05, 0) is 19.3 Å². The van der Waals surface area contributed by atoms with Crippen LogP contribution in [0.1, 0.15) is 33.6 Å². The highest BCUT2D eigenvalue weighted by Crippen LogP contribution is 2.04. The van der Waals surface area contributed by atoms with Crippen LogP contribution in [0.3, 0.4) is 0 Å². The molecule has 1 heteroatoms. The maximum absolute atomic E-state index is 5.31. The maximum atomic E-state index is 5.31. The van der Waals surface area contributed by atoms with Crippen molar-refractivity contribution in [1.82, 2.24) is 0 Å². The van der Waals surface area contributed by atoms with Gasteiger partial charge in [0.05, 0.1) is 6.61 Å². The van der Waals surface area contributed by atoms with E-state index in [-0.39, 0.29) is 0 Å². The van der Waals surface area contributed by atoms with Crippen LogP contribution in [0.2, 0.25) is 0 Å². The van der Waals surface area contributed by atoms with E-state index in [1.807, 2.05) is 6.92 Å². The van der Waals surface area contributed by atoms with Crippen LogP contribution in [0.5, 0.6) is 0 Å². The van der Waals surface area contributed by atoms with Gasteiger partial charge in [-0.3, -0.25) is 0 Å². The highest BCUT2D eigenvalue weighted by atomic mass is 16.5. The van der Waals surface area contributed by atoms with Gasteiger partial charge in [0.1, 0.15) is 6.61 Å². The average Bonchev–Trinajstić information content (AvgIpc) is 1.99. The zero-order valence-electron chi connectivity index (χ0n) is 7.81. The Morgan fingerprint density at radius 2 is 2.18 bits per heavy atom. The van der Waals surface area contributed by atoms with Crippen molar-refractivity contribution in [2.45, 2.75) is 33.6 Å². The lowest BCUT2D eigenvalue weighted by Crippen LogP contribution is -2.05. The Kier molecular flexibility index (Phi) is 7.29. The monoisotopic (exact) mass is 154 g/mol. The molecule has 0 spiro atoms. The molecular weight excluding hydrogens is 136 g/mol. The zero-order valence-corrected chi connectivity index (χ0v) is 7.81. The Balaban J connectivity index is 3.14. The summed E-state index contributed by atoms with van der Waals surface area (Å²) >= 11 is 0. The summed E-state index contributed by atoms with van der Waals surface area (Å²) in [5.74, 6) is 6.35. The maximum Gasteiger partial charge on any atom is 0.107 e. The number of rotatable bonds is 5. The third kappa shape index (κ3) is 7.42. The molecule has 1 atom stereocenters. The van der Waals surface area contributed by atoms with Gasteiger partial charge in [-0.15, -0.1) is 5.92 Å². The second kappa shape index (κ2) is 7.63. The van der Waals surface area contributed by atoms with Crippen molar-refractivity contribution >= 4 is 0 Å². The standard InChI is InChI=1S/C10H18O/c1-4-6-8-11-9-10(3)7-5-2/h10H,5,7-9H2,1-3H3.